The number of aliphatic hydroxyl groups excluding tert-OH is 2. The summed E-state index contributed by atoms with van der Waals surface area (Å²) in [5, 5.41) is 26.3. The molecule has 11 nitrogen and oxygen atoms in total. The van der Waals surface area contributed by atoms with E-state index in [2.05, 4.69) is 10.2 Å². The van der Waals surface area contributed by atoms with Crippen LogP contribution in [0.3, 0.4) is 0 Å². The normalized spacial score (nSPS) is 22.1. The molecule has 2 fully saturated rings. The summed E-state index contributed by atoms with van der Waals surface area (Å²) in [7, 11) is 1.33. The van der Waals surface area contributed by atoms with Gasteiger partial charge in [-0.1, -0.05) is 66.7 Å². The fourth-order valence-corrected chi connectivity index (χ4v) is 7.66. The van der Waals surface area contributed by atoms with Gasteiger partial charge in [0.2, 0.25) is 5.91 Å². The molecule has 2 amide bonds. The molecule has 0 radical (unpaired) electrons. The lowest BCUT2D eigenvalue weighted by atomic mass is 9.87. The maximum Gasteiger partial charge on any atom is 0.411 e. The Morgan fingerprint density at radius 1 is 0.942 bits per heavy atom. The van der Waals surface area contributed by atoms with Crippen LogP contribution in [0.25, 0.3) is 0 Å². The highest BCUT2D eigenvalue weighted by Gasteiger charge is 2.40. The van der Waals surface area contributed by atoms with E-state index in [1.54, 1.807) is 0 Å². The van der Waals surface area contributed by atoms with Gasteiger partial charge >= 0.3 is 6.09 Å². The molecule has 11 heteroatoms. The SMILES string of the molecule is COC(=O)N(C1CCCCO1)[C@@H](Cc1ccccc1)[C@@H](O)C[C@@H](Cc1ccc(OCCN2CCOCC2)cc1)C(=O)N[C@H]1c2ccccc2C[C@H]1O. The standard InChI is InChI=1S/C41H53N3O8/c1-49-41(48)44(38-13-7-8-21-52-38)35(26-29-9-3-2-4-10-29)36(45)28-32(40(47)42-39-34-12-6-5-11-31(34)27-37(39)46)25-30-14-16-33(17-15-30)51-24-20-43-18-22-50-23-19-43/h2-6,9-12,14-17,32,35-39,45-46H,7-8,13,18-28H2,1H3,(H,42,47)/t32-,35+,36+,37-,38?,39+/m1/s1. The van der Waals surface area contributed by atoms with Gasteiger partial charge in [-0.15, -0.1) is 0 Å². The van der Waals surface area contributed by atoms with E-state index in [1.807, 2.05) is 78.9 Å². The number of methoxy groups -OCH3 is 1. The summed E-state index contributed by atoms with van der Waals surface area (Å²) in [6, 6.07) is 23.9. The molecule has 3 aliphatic rings. The highest BCUT2D eigenvalue weighted by atomic mass is 16.6. The summed E-state index contributed by atoms with van der Waals surface area (Å²) in [6.07, 6.45) is 0.588. The number of benzene rings is 3. The molecule has 6 rings (SSSR count). The summed E-state index contributed by atoms with van der Waals surface area (Å²) in [5.41, 5.74) is 3.74. The van der Waals surface area contributed by atoms with Crippen LogP contribution in [-0.2, 0) is 38.3 Å². The Morgan fingerprint density at radius 3 is 2.40 bits per heavy atom. The van der Waals surface area contributed by atoms with Crippen molar-refractivity contribution in [3.05, 3.63) is 101 Å². The van der Waals surface area contributed by atoms with E-state index in [0.717, 1.165) is 73.7 Å². The number of ether oxygens (including phenoxy) is 4. The van der Waals surface area contributed by atoms with E-state index in [0.29, 0.717) is 38.9 Å². The number of fused-ring (bicyclic) bond motifs is 1. The summed E-state index contributed by atoms with van der Waals surface area (Å²) in [6.45, 7) is 5.18. The minimum Gasteiger partial charge on any atom is -0.492 e. The third kappa shape index (κ3) is 9.90. The van der Waals surface area contributed by atoms with Crippen molar-refractivity contribution in [3.8, 4) is 5.75 Å². The van der Waals surface area contributed by atoms with Crippen LogP contribution in [0.1, 0.15) is 54.0 Å². The van der Waals surface area contributed by atoms with Crippen molar-refractivity contribution in [1.82, 2.24) is 15.1 Å². The number of amides is 2. The van der Waals surface area contributed by atoms with Gasteiger partial charge in [0.05, 0.1) is 44.6 Å². The predicted octanol–water partition coefficient (Wildman–Crippen LogP) is 4.29. The fraction of sp³-hybridized carbons (Fsp3) is 0.512. The third-order valence-electron chi connectivity index (χ3n) is 10.5. The van der Waals surface area contributed by atoms with Gasteiger partial charge < -0.3 is 34.5 Å². The van der Waals surface area contributed by atoms with Crippen LogP contribution in [0, 0.1) is 5.92 Å². The van der Waals surface area contributed by atoms with Gasteiger partial charge in [-0.05, 0) is 72.9 Å². The zero-order valence-corrected chi connectivity index (χ0v) is 30.1. The molecule has 52 heavy (non-hydrogen) atoms. The first-order chi connectivity index (χ1) is 25.4. The van der Waals surface area contributed by atoms with E-state index in [9.17, 15) is 19.8 Å². The van der Waals surface area contributed by atoms with Gasteiger partial charge in [0.1, 0.15) is 18.6 Å². The maximum atomic E-state index is 14.3. The summed E-state index contributed by atoms with van der Waals surface area (Å²) >= 11 is 0. The summed E-state index contributed by atoms with van der Waals surface area (Å²) in [4.78, 5) is 31.6. The first kappa shape index (κ1) is 37.7. The lowest BCUT2D eigenvalue weighted by molar-refractivity contribution is -0.129. The van der Waals surface area contributed by atoms with E-state index < -0.39 is 42.5 Å². The number of carbonyl (C=O) groups is 2. The molecule has 3 aromatic carbocycles. The van der Waals surface area contributed by atoms with Crippen molar-refractivity contribution in [1.29, 1.82) is 0 Å². The average Bonchev–Trinajstić information content (AvgIpc) is 3.50. The Kier molecular flexibility index (Phi) is 13.5. The zero-order valence-electron chi connectivity index (χ0n) is 30.1. The third-order valence-corrected chi connectivity index (χ3v) is 10.5. The van der Waals surface area contributed by atoms with Crippen LogP contribution < -0.4 is 10.1 Å². The Balaban J connectivity index is 1.22. The number of hydrogen-bond donors (Lipinski definition) is 3. The summed E-state index contributed by atoms with van der Waals surface area (Å²) < 4.78 is 22.8. The largest absolute Gasteiger partial charge is 0.492 e. The molecule has 2 saturated heterocycles. The second-order valence-electron chi connectivity index (χ2n) is 14.1. The van der Waals surface area contributed by atoms with Crippen LogP contribution in [0.2, 0.25) is 0 Å². The first-order valence-electron chi connectivity index (χ1n) is 18.7. The molecule has 6 atom stereocenters. The Labute approximate surface area is 306 Å². The number of morpholine rings is 1. The zero-order chi connectivity index (χ0) is 36.3. The van der Waals surface area contributed by atoms with Crippen molar-refractivity contribution in [2.24, 2.45) is 5.92 Å². The van der Waals surface area contributed by atoms with Crippen LogP contribution in [0.15, 0.2) is 78.9 Å². The van der Waals surface area contributed by atoms with E-state index in [1.165, 1.54) is 12.0 Å². The molecule has 2 aliphatic heterocycles. The first-order valence-corrected chi connectivity index (χ1v) is 18.7. The minimum atomic E-state index is -1.11. The number of nitrogens with zero attached hydrogens (tertiary/aromatic N) is 2. The quantitative estimate of drug-likeness (QED) is 0.211. The number of hydrogen-bond acceptors (Lipinski definition) is 9. The lowest BCUT2D eigenvalue weighted by Gasteiger charge is -2.41. The minimum absolute atomic E-state index is 0.0613. The molecule has 0 saturated carbocycles. The van der Waals surface area contributed by atoms with Crippen molar-refractivity contribution in [3.63, 3.8) is 0 Å². The van der Waals surface area contributed by atoms with Crippen LogP contribution in [-0.4, -0.2) is 110 Å². The maximum absolute atomic E-state index is 14.3. The number of rotatable bonds is 15. The average molecular weight is 716 g/mol. The summed E-state index contributed by atoms with van der Waals surface area (Å²) in [5.74, 6) is -0.219. The van der Waals surface area contributed by atoms with Crippen molar-refractivity contribution < 1.29 is 38.7 Å². The Bertz CT molecular complexity index is 1560. The fourth-order valence-electron chi connectivity index (χ4n) is 7.66. The van der Waals surface area contributed by atoms with Gasteiger partial charge in [-0.25, -0.2) is 4.79 Å². The van der Waals surface area contributed by atoms with Crippen molar-refractivity contribution >= 4 is 12.0 Å². The monoisotopic (exact) mass is 715 g/mol. The van der Waals surface area contributed by atoms with Crippen LogP contribution in [0.5, 0.6) is 5.75 Å². The molecule has 3 N–H and O–H groups in total. The molecular weight excluding hydrogens is 662 g/mol. The molecule has 0 aromatic heterocycles. The van der Waals surface area contributed by atoms with Crippen molar-refractivity contribution in [2.75, 3.05) is 53.2 Å². The molecule has 1 aliphatic carbocycles. The molecule has 1 unspecified atom stereocenters. The molecular formula is C41H53N3O8. The molecule has 0 spiro atoms. The van der Waals surface area contributed by atoms with E-state index >= 15 is 0 Å². The highest BCUT2D eigenvalue weighted by Crippen LogP contribution is 2.33. The molecule has 2 heterocycles. The number of nitrogens with one attached hydrogen (secondary N) is 1. The predicted molar refractivity (Wildman–Crippen MR) is 196 cm³/mol. The van der Waals surface area contributed by atoms with Gasteiger partial charge in [-0.3, -0.25) is 14.6 Å². The molecule has 0 bridgehead atoms. The smallest absolute Gasteiger partial charge is 0.411 e. The Morgan fingerprint density at radius 2 is 1.67 bits per heavy atom. The topological polar surface area (TPSA) is 130 Å². The number of aliphatic hydroxyl groups is 2. The van der Waals surface area contributed by atoms with Gasteiger partial charge in [-0.2, -0.15) is 0 Å². The van der Waals surface area contributed by atoms with Gasteiger partial charge in [0, 0.05) is 38.6 Å². The van der Waals surface area contributed by atoms with Gasteiger partial charge in [0.15, 0.2) is 0 Å². The highest BCUT2D eigenvalue weighted by molar-refractivity contribution is 5.80. The molecule has 3 aromatic rings. The van der Waals surface area contributed by atoms with Crippen LogP contribution >= 0.6 is 0 Å². The Hall–Kier alpha value is -4.00. The lowest BCUT2D eigenvalue weighted by Crippen LogP contribution is -2.55. The molecule has 280 valence electrons. The van der Waals surface area contributed by atoms with Gasteiger partial charge in [0.25, 0.3) is 0 Å². The number of carbonyl (C=O) groups excluding carboxylic acids is 2. The second-order valence-corrected chi connectivity index (χ2v) is 14.1. The van der Waals surface area contributed by atoms with Crippen LogP contribution in [0.4, 0.5) is 4.79 Å². The van der Waals surface area contributed by atoms with E-state index in [4.69, 9.17) is 18.9 Å². The van der Waals surface area contributed by atoms with E-state index in [-0.39, 0.29) is 12.3 Å². The second kappa shape index (κ2) is 18.7. The van der Waals surface area contributed by atoms with Crippen molar-refractivity contribution in [2.45, 2.75) is 75.5 Å².